The first kappa shape index (κ1) is 15.9. The summed E-state index contributed by atoms with van der Waals surface area (Å²) in [5.74, 6) is -1.90. The van der Waals surface area contributed by atoms with Crippen LogP contribution in [0.3, 0.4) is 0 Å². The summed E-state index contributed by atoms with van der Waals surface area (Å²) in [5.41, 5.74) is -0.0958. The number of aromatic carboxylic acids is 1. The van der Waals surface area contributed by atoms with Crippen LogP contribution in [0.25, 0.3) is 0 Å². The minimum absolute atomic E-state index is 0.0207. The van der Waals surface area contributed by atoms with Gasteiger partial charge in [0.05, 0.1) is 10.0 Å². The van der Waals surface area contributed by atoms with E-state index in [9.17, 15) is 9.18 Å². The molecular weight excluding hydrogens is 342 g/mol. The molecule has 0 aliphatic heterocycles. The molecule has 0 unspecified atom stereocenters. The fourth-order valence-corrected chi connectivity index (χ4v) is 2.45. The lowest BCUT2D eigenvalue weighted by molar-refractivity contribution is 0.0691. The Morgan fingerprint density at radius 1 is 1.19 bits per heavy atom. The van der Waals surface area contributed by atoms with Crippen LogP contribution in [-0.4, -0.2) is 11.1 Å². The van der Waals surface area contributed by atoms with Gasteiger partial charge in [-0.2, -0.15) is 0 Å². The summed E-state index contributed by atoms with van der Waals surface area (Å²) in [6, 6.07) is 6.73. The predicted octanol–water partition coefficient (Wildman–Crippen LogP) is 5.06. The second-order valence-corrected chi connectivity index (χ2v) is 5.31. The Morgan fingerprint density at radius 3 is 2.52 bits per heavy atom. The second kappa shape index (κ2) is 6.52. The number of ether oxygens (including phenoxy) is 1. The third-order valence-electron chi connectivity index (χ3n) is 2.66. The van der Waals surface area contributed by atoms with Gasteiger partial charge in [0.1, 0.15) is 18.0 Å². The fraction of sp³-hybridized carbons (Fsp3) is 0.0714. The maximum absolute atomic E-state index is 13.6. The summed E-state index contributed by atoms with van der Waals surface area (Å²) < 4.78 is 19.0. The van der Waals surface area contributed by atoms with Crippen LogP contribution in [0, 0.1) is 5.82 Å². The largest absolute Gasteiger partial charge is 0.486 e. The number of carboxylic acids is 1. The summed E-state index contributed by atoms with van der Waals surface area (Å²) in [5, 5.41) is 9.48. The first-order valence-electron chi connectivity index (χ1n) is 5.68. The van der Waals surface area contributed by atoms with Crippen molar-refractivity contribution in [2.45, 2.75) is 6.61 Å². The highest BCUT2D eigenvalue weighted by Crippen LogP contribution is 2.33. The summed E-state index contributed by atoms with van der Waals surface area (Å²) in [4.78, 5) is 11.2. The average Bonchev–Trinajstić information content (AvgIpc) is 2.39. The maximum atomic E-state index is 13.6. The van der Waals surface area contributed by atoms with E-state index >= 15 is 0 Å². The van der Waals surface area contributed by atoms with Gasteiger partial charge in [-0.1, -0.05) is 40.9 Å². The van der Waals surface area contributed by atoms with Crippen molar-refractivity contribution < 1.29 is 19.0 Å². The van der Waals surface area contributed by atoms with E-state index in [4.69, 9.17) is 44.6 Å². The van der Waals surface area contributed by atoms with Crippen LogP contribution >= 0.6 is 34.8 Å². The van der Waals surface area contributed by atoms with Crippen molar-refractivity contribution in [3.05, 3.63) is 62.3 Å². The lowest BCUT2D eigenvalue weighted by Crippen LogP contribution is -2.05. The van der Waals surface area contributed by atoms with Crippen molar-refractivity contribution in [3.63, 3.8) is 0 Å². The average molecular weight is 350 g/mol. The maximum Gasteiger partial charge on any atom is 0.339 e. The minimum atomic E-state index is -1.26. The van der Waals surface area contributed by atoms with Gasteiger partial charge in [-0.3, -0.25) is 0 Å². The van der Waals surface area contributed by atoms with Gasteiger partial charge in [0.2, 0.25) is 0 Å². The number of carboxylic acid groups (broad SMARTS) is 1. The molecule has 21 heavy (non-hydrogen) atoms. The molecule has 0 fully saturated rings. The van der Waals surface area contributed by atoms with Crippen LogP contribution in [0.5, 0.6) is 5.75 Å². The van der Waals surface area contributed by atoms with Crippen LogP contribution in [0.2, 0.25) is 15.1 Å². The van der Waals surface area contributed by atoms with E-state index in [1.165, 1.54) is 30.3 Å². The number of halogens is 4. The second-order valence-electron chi connectivity index (χ2n) is 4.06. The summed E-state index contributed by atoms with van der Waals surface area (Å²) in [6.45, 7) is -0.257. The monoisotopic (exact) mass is 348 g/mol. The van der Waals surface area contributed by atoms with Crippen molar-refractivity contribution in [1.29, 1.82) is 0 Å². The van der Waals surface area contributed by atoms with Crippen molar-refractivity contribution in [2.75, 3.05) is 0 Å². The van der Waals surface area contributed by atoms with Gasteiger partial charge in [0, 0.05) is 10.6 Å². The fourth-order valence-electron chi connectivity index (χ4n) is 1.68. The van der Waals surface area contributed by atoms with Gasteiger partial charge in [0.15, 0.2) is 5.75 Å². The highest BCUT2D eigenvalue weighted by Gasteiger charge is 2.18. The summed E-state index contributed by atoms with van der Waals surface area (Å²) >= 11 is 17.5. The molecule has 0 aromatic heterocycles. The first-order chi connectivity index (χ1) is 9.90. The molecule has 2 rings (SSSR count). The van der Waals surface area contributed by atoms with E-state index in [1.807, 2.05) is 0 Å². The van der Waals surface area contributed by atoms with Crippen molar-refractivity contribution in [2.24, 2.45) is 0 Å². The van der Waals surface area contributed by atoms with Crippen molar-refractivity contribution in [1.82, 2.24) is 0 Å². The van der Waals surface area contributed by atoms with E-state index in [-0.39, 0.29) is 38.6 Å². The van der Waals surface area contributed by atoms with Crippen molar-refractivity contribution >= 4 is 40.8 Å². The number of rotatable bonds is 4. The molecule has 0 atom stereocenters. The third-order valence-corrected chi connectivity index (χ3v) is 3.51. The third kappa shape index (κ3) is 3.59. The SMILES string of the molecule is O=C(O)c1cc(Cl)cc(Cl)c1OCc1c(F)cccc1Cl. The lowest BCUT2D eigenvalue weighted by Gasteiger charge is -2.12. The zero-order valence-electron chi connectivity index (χ0n) is 10.4. The molecule has 0 aliphatic carbocycles. The van der Waals surface area contributed by atoms with E-state index in [0.717, 1.165) is 0 Å². The van der Waals surface area contributed by atoms with Crippen LogP contribution in [0.4, 0.5) is 4.39 Å². The minimum Gasteiger partial charge on any atom is -0.486 e. The Hall–Kier alpha value is -1.49. The van der Waals surface area contributed by atoms with Crippen LogP contribution in [-0.2, 0) is 6.61 Å². The molecular formula is C14H8Cl3FO3. The molecule has 2 aromatic rings. The molecule has 110 valence electrons. The normalized spacial score (nSPS) is 10.5. The Morgan fingerprint density at radius 2 is 1.90 bits per heavy atom. The van der Waals surface area contributed by atoms with Crippen molar-refractivity contribution in [3.8, 4) is 5.75 Å². The molecule has 0 aliphatic rings. The lowest BCUT2D eigenvalue weighted by atomic mass is 10.2. The number of hydrogen-bond donors (Lipinski definition) is 1. The smallest absolute Gasteiger partial charge is 0.339 e. The molecule has 0 spiro atoms. The Labute approximate surface area is 134 Å². The molecule has 0 amide bonds. The van der Waals surface area contributed by atoms with E-state index in [0.29, 0.717) is 0 Å². The Kier molecular flexibility index (Phi) is 4.93. The van der Waals surface area contributed by atoms with Crippen LogP contribution in [0.15, 0.2) is 30.3 Å². The zero-order chi connectivity index (χ0) is 15.6. The van der Waals surface area contributed by atoms with E-state index in [1.54, 1.807) is 0 Å². The number of benzene rings is 2. The van der Waals surface area contributed by atoms with E-state index < -0.39 is 11.8 Å². The molecule has 0 saturated heterocycles. The summed E-state index contributed by atoms with van der Waals surface area (Å²) in [6.07, 6.45) is 0. The van der Waals surface area contributed by atoms with Crippen LogP contribution < -0.4 is 4.74 Å². The molecule has 3 nitrogen and oxygen atoms in total. The first-order valence-corrected chi connectivity index (χ1v) is 6.81. The molecule has 2 aromatic carbocycles. The highest BCUT2D eigenvalue weighted by molar-refractivity contribution is 6.36. The number of hydrogen-bond acceptors (Lipinski definition) is 2. The van der Waals surface area contributed by atoms with Gasteiger partial charge < -0.3 is 9.84 Å². The highest BCUT2D eigenvalue weighted by atomic mass is 35.5. The molecule has 0 bridgehead atoms. The van der Waals surface area contributed by atoms with Gasteiger partial charge >= 0.3 is 5.97 Å². The quantitative estimate of drug-likeness (QED) is 0.839. The van der Waals surface area contributed by atoms with E-state index in [2.05, 4.69) is 0 Å². The zero-order valence-corrected chi connectivity index (χ0v) is 12.6. The van der Waals surface area contributed by atoms with Gasteiger partial charge in [-0.15, -0.1) is 0 Å². The molecule has 0 saturated carbocycles. The topological polar surface area (TPSA) is 46.5 Å². The van der Waals surface area contributed by atoms with Gasteiger partial charge in [-0.25, -0.2) is 9.18 Å². The molecule has 0 heterocycles. The Balaban J connectivity index is 2.34. The Bertz CT molecular complexity index is 684. The van der Waals surface area contributed by atoms with Crippen LogP contribution in [0.1, 0.15) is 15.9 Å². The molecule has 1 N–H and O–H groups in total. The number of carbonyl (C=O) groups is 1. The standard InChI is InChI=1S/C14H8Cl3FO3/c15-7-4-8(14(19)20)13(11(17)5-7)21-6-9-10(16)2-1-3-12(9)18/h1-5H,6H2,(H,19,20). The summed E-state index contributed by atoms with van der Waals surface area (Å²) in [7, 11) is 0. The predicted molar refractivity (Wildman–Crippen MR) is 79.2 cm³/mol. The molecule has 7 heteroatoms. The van der Waals surface area contributed by atoms with Gasteiger partial charge in [-0.05, 0) is 24.3 Å². The molecule has 0 radical (unpaired) electrons. The van der Waals surface area contributed by atoms with Gasteiger partial charge in [0.25, 0.3) is 0 Å².